The molecule has 69 valence electrons. The van der Waals surface area contributed by atoms with E-state index in [0.717, 1.165) is 0 Å². The Hall–Kier alpha value is -1.10. The van der Waals surface area contributed by atoms with Crippen molar-refractivity contribution >= 4 is 11.9 Å². The molecule has 1 radical (unpaired) electrons. The quantitative estimate of drug-likeness (QED) is 0.534. The summed E-state index contributed by atoms with van der Waals surface area (Å²) in [5, 5.41) is 0. The zero-order chi connectivity index (χ0) is 9.56. The summed E-state index contributed by atoms with van der Waals surface area (Å²) < 4.78 is 8.73. The lowest BCUT2D eigenvalue weighted by Gasteiger charge is -2.12. The Bertz CT molecular complexity index is 151. The lowest BCUT2D eigenvalue weighted by atomic mass is 10.5. The smallest absolute Gasteiger partial charge is 0.319 e. The predicted octanol–water partition coefficient (Wildman–Crippen LogP) is -0.574. The molecule has 0 spiro atoms. The number of hydrogen-bond acceptors (Lipinski definition) is 5. The fourth-order valence-corrected chi connectivity index (χ4v) is 0.550. The number of esters is 2. The molecule has 0 heterocycles. The van der Waals surface area contributed by atoms with Crippen molar-refractivity contribution in [2.24, 2.45) is 0 Å². The summed E-state index contributed by atoms with van der Waals surface area (Å²) in [6.45, 7) is -0.0444. The summed E-state index contributed by atoms with van der Waals surface area (Å²) in [6.07, 6.45) is 0. The molecule has 0 bridgehead atoms. The fourth-order valence-electron chi connectivity index (χ4n) is 0.550. The van der Waals surface area contributed by atoms with Gasteiger partial charge in [-0.3, -0.25) is 14.5 Å². The van der Waals surface area contributed by atoms with Crippen LogP contribution in [0.3, 0.4) is 0 Å². The molecule has 0 aromatic heterocycles. The highest BCUT2D eigenvalue weighted by molar-refractivity contribution is 5.74. The van der Waals surface area contributed by atoms with Gasteiger partial charge in [0, 0.05) is 7.05 Å². The normalized spacial score (nSPS) is 9.67. The third-order valence-electron chi connectivity index (χ3n) is 1.16. The first kappa shape index (κ1) is 10.9. The van der Waals surface area contributed by atoms with Gasteiger partial charge >= 0.3 is 11.9 Å². The molecule has 0 aromatic carbocycles. The Kier molecular flexibility index (Phi) is 5.03. The van der Waals surface area contributed by atoms with Gasteiger partial charge in [0.05, 0.1) is 27.3 Å². The molecule has 0 aliphatic carbocycles. The molecule has 0 aliphatic rings. The number of carbonyl (C=O) groups is 2. The number of ether oxygens (including phenoxy) is 2. The Labute approximate surface area is 71.2 Å². The van der Waals surface area contributed by atoms with Crippen LogP contribution in [-0.2, 0) is 19.1 Å². The van der Waals surface area contributed by atoms with E-state index >= 15 is 0 Å². The highest BCUT2D eigenvalue weighted by atomic mass is 16.5. The van der Waals surface area contributed by atoms with Crippen LogP contribution in [0.1, 0.15) is 0 Å². The van der Waals surface area contributed by atoms with Gasteiger partial charge in [0.15, 0.2) is 0 Å². The molecule has 5 nitrogen and oxygen atoms in total. The molecule has 0 saturated carbocycles. The number of carbonyl (C=O) groups excluding carboxylic acids is 2. The van der Waals surface area contributed by atoms with Crippen LogP contribution in [0.25, 0.3) is 0 Å². The largest absolute Gasteiger partial charge is 0.468 e. The summed E-state index contributed by atoms with van der Waals surface area (Å²) in [4.78, 5) is 22.5. The molecule has 0 saturated heterocycles. The van der Waals surface area contributed by atoms with Gasteiger partial charge in [-0.25, -0.2) is 0 Å². The Morgan fingerprint density at radius 1 is 1.17 bits per heavy atom. The minimum atomic E-state index is -0.436. The predicted molar refractivity (Wildman–Crippen MR) is 41.0 cm³/mol. The van der Waals surface area contributed by atoms with E-state index in [1.165, 1.54) is 19.1 Å². The second kappa shape index (κ2) is 5.54. The first-order valence-corrected chi connectivity index (χ1v) is 3.29. The third kappa shape index (κ3) is 4.68. The number of nitrogens with zero attached hydrogens (tertiary/aromatic N) is 1. The van der Waals surface area contributed by atoms with E-state index in [4.69, 9.17) is 0 Å². The van der Waals surface area contributed by atoms with Crippen LogP contribution in [0.4, 0.5) is 0 Å². The van der Waals surface area contributed by atoms with Crippen molar-refractivity contribution in [3.8, 4) is 0 Å². The van der Waals surface area contributed by atoms with Crippen LogP contribution in [0.2, 0.25) is 0 Å². The zero-order valence-electron chi connectivity index (χ0n) is 7.20. The number of rotatable bonds is 4. The van der Waals surface area contributed by atoms with Gasteiger partial charge < -0.3 is 9.47 Å². The Morgan fingerprint density at radius 2 is 1.50 bits per heavy atom. The second-order valence-corrected chi connectivity index (χ2v) is 2.14. The van der Waals surface area contributed by atoms with Crippen molar-refractivity contribution in [2.75, 3.05) is 27.3 Å². The number of hydrogen-bond donors (Lipinski definition) is 0. The lowest BCUT2D eigenvalue weighted by Crippen LogP contribution is -2.30. The summed E-state index contributed by atoms with van der Waals surface area (Å²) in [7, 11) is 5.99. The first-order chi connectivity index (χ1) is 5.60. The molecule has 0 amide bonds. The highest BCUT2D eigenvalue weighted by Crippen LogP contribution is 1.87. The minimum Gasteiger partial charge on any atom is -0.468 e. The Morgan fingerprint density at radius 3 is 1.75 bits per heavy atom. The minimum absolute atomic E-state index is 0.0222. The molecule has 0 unspecified atom stereocenters. The summed E-state index contributed by atoms with van der Waals surface area (Å²) >= 11 is 0. The van der Waals surface area contributed by atoms with E-state index < -0.39 is 11.9 Å². The van der Waals surface area contributed by atoms with E-state index in [1.807, 2.05) is 0 Å². The van der Waals surface area contributed by atoms with Gasteiger partial charge in [0.2, 0.25) is 0 Å². The van der Waals surface area contributed by atoms with Gasteiger partial charge in [0.1, 0.15) is 0 Å². The summed E-state index contributed by atoms with van der Waals surface area (Å²) in [6, 6.07) is 0. The van der Waals surface area contributed by atoms with Crippen LogP contribution in [0.15, 0.2) is 0 Å². The van der Waals surface area contributed by atoms with Crippen LogP contribution in [-0.4, -0.2) is 44.1 Å². The molecule has 0 fully saturated rings. The van der Waals surface area contributed by atoms with E-state index in [2.05, 4.69) is 16.5 Å². The van der Waals surface area contributed by atoms with Crippen LogP contribution < -0.4 is 0 Å². The SMILES string of the molecule is [CH2]N(CC(=O)OC)CC(=O)OC. The van der Waals surface area contributed by atoms with E-state index in [1.54, 1.807) is 0 Å². The topological polar surface area (TPSA) is 55.8 Å². The average Bonchev–Trinajstić information content (AvgIpc) is 2.03. The van der Waals surface area contributed by atoms with Crippen molar-refractivity contribution in [2.45, 2.75) is 0 Å². The Balaban J connectivity index is 3.66. The zero-order valence-corrected chi connectivity index (χ0v) is 7.20. The molecular weight excluding hydrogens is 162 g/mol. The molecule has 0 atom stereocenters. The molecule has 5 heteroatoms. The van der Waals surface area contributed by atoms with Crippen LogP contribution in [0, 0.1) is 7.05 Å². The van der Waals surface area contributed by atoms with Crippen molar-refractivity contribution in [3.63, 3.8) is 0 Å². The lowest BCUT2D eigenvalue weighted by molar-refractivity contribution is -0.144. The first-order valence-electron chi connectivity index (χ1n) is 3.29. The van der Waals surface area contributed by atoms with Gasteiger partial charge in [-0.1, -0.05) is 0 Å². The standard InChI is InChI=1S/C7H12NO4/c1-8(4-6(9)11-2)5-7(10)12-3/h1,4-5H2,2-3H3. The highest BCUT2D eigenvalue weighted by Gasteiger charge is 2.10. The van der Waals surface area contributed by atoms with Gasteiger partial charge in [-0.2, -0.15) is 0 Å². The van der Waals surface area contributed by atoms with Crippen molar-refractivity contribution < 1.29 is 19.1 Å². The second-order valence-electron chi connectivity index (χ2n) is 2.14. The molecule has 0 aromatic rings. The van der Waals surface area contributed by atoms with Crippen molar-refractivity contribution in [3.05, 3.63) is 7.05 Å². The monoisotopic (exact) mass is 174 g/mol. The van der Waals surface area contributed by atoms with E-state index in [-0.39, 0.29) is 13.1 Å². The number of methoxy groups -OCH3 is 2. The summed E-state index contributed by atoms with van der Waals surface area (Å²) in [5.41, 5.74) is 0. The summed E-state index contributed by atoms with van der Waals surface area (Å²) in [5.74, 6) is -0.872. The molecule has 0 rings (SSSR count). The maximum Gasteiger partial charge on any atom is 0.319 e. The van der Waals surface area contributed by atoms with Crippen molar-refractivity contribution in [1.29, 1.82) is 0 Å². The van der Waals surface area contributed by atoms with E-state index in [0.29, 0.717) is 0 Å². The molecular formula is C7H12NO4. The maximum atomic E-state index is 10.6. The average molecular weight is 174 g/mol. The molecule has 0 N–H and O–H groups in total. The van der Waals surface area contributed by atoms with E-state index in [9.17, 15) is 9.59 Å². The van der Waals surface area contributed by atoms with Crippen LogP contribution >= 0.6 is 0 Å². The third-order valence-corrected chi connectivity index (χ3v) is 1.16. The van der Waals surface area contributed by atoms with Gasteiger partial charge in [-0.15, -0.1) is 0 Å². The van der Waals surface area contributed by atoms with Gasteiger partial charge in [0.25, 0.3) is 0 Å². The maximum absolute atomic E-state index is 10.6. The molecule has 12 heavy (non-hydrogen) atoms. The fraction of sp³-hybridized carbons (Fsp3) is 0.571. The van der Waals surface area contributed by atoms with Gasteiger partial charge in [-0.05, 0) is 0 Å². The van der Waals surface area contributed by atoms with Crippen molar-refractivity contribution in [1.82, 2.24) is 4.90 Å². The molecule has 0 aliphatic heterocycles. The van der Waals surface area contributed by atoms with Crippen LogP contribution in [0.5, 0.6) is 0 Å².